The van der Waals surface area contributed by atoms with Gasteiger partial charge >= 0.3 is 0 Å². The van der Waals surface area contributed by atoms with Gasteiger partial charge in [-0.1, -0.05) is 18.5 Å². The van der Waals surface area contributed by atoms with Crippen molar-refractivity contribution < 1.29 is 0 Å². The minimum absolute atomic E-state index is 0.531. The van der Waals surface area contributed by atoms with E-state index in [0.29, 0.717) is 5.15 Å². The van der Waals surface area contributed by atoms with Crippen LogP contribution < -0.4 is 4.90 Å². The summed E-state index contributed by atoms with van der Waals surface area (Å²) in [5.74, 6) is 1.65. The van der Waals surface area contributed by atoms with Gasteiger partial charge in [-0.2, -0.15) is 0 Å². The lowest BCUT2D eigenvalue weighted by atomic mass is 10.2. The molecule has 0 amide bonds. The highest BCUT2D eigenvalue weighted by molar-refractivity contribution is 6.30. The second kappa shape index (κ2) is 5.97. The molecular formula is C14H17ClN4. The molecule has 2 aromatic rings. The highest BCUT2D eigenvalue weighted by Crippen LogP contribution is 2.23. The van der Waals surface area contributed by atoms with Crippen LogP contribution in [-0.4, -0.2) is 22.0 Å². The van der Waals surface area contributed by atoms with E-state index in [1.807, 2.05) is 33.0 Å². The van der Waals surface area contributed by atoms with Crippen LogP contribution in [0.5, 0.6) is 0 Å². The van der Waals surface area contributed by atoms with Crippen molar-refractivity contribution in [3.05, 3.63) is 46.6 Å². The summed E-state index contributed by atoms with van der Waals surface area (Å²) in [7, 11) is 2.01. The molecule has 0 unspecified atom stereocenters. The average molecular weight is 277 g/mol. The third-order valence-corrected chi connectivity index (χ3v) is 3.32. The summed E-state index contributed by atoms with van der Waals surface area (Å²) in [5, 5.41) is 0.531. The zero-order valence-electron chi connectivity index (χ0n) is 11.4. The van der Waals surface area contributed by atoms with Gasteiger partial charge in [-0.3, -0.25) is 4.98 Å². The Balaban J connectivity index is 2.28. The van der Waals surface area contributed by atoms with E-state index in [9.17, 15) is 0 Å². The molecule has 0 aliphatic rings. The zero-order valence-corrected chi connectivity index (χ0v) is 12.1. The number of halogens is 1. The van der Waals surface area contributed by atoms with E-state index in [-0.39, 0.29) is 0 Å². The smallest absolute Gasteiger partial charge is 0.137 e. The maximum atomic E-state index is 6.16. The minimum Gasteiger partial charge on any atom is -0.355 e. The van der Waals surface area contributed by atoms with Gasteiger partial charge in [0, 0.05) is 38.0 Å². The Labute approximate surface area is 118 Å². The van der Waals surface area contributed by atoms with E-state index in [4.69, 9.17) is 11.6 Å². The van der Waals surface area contributed by atoms with E-state index >= 15 is 0 Å². The fraction of sp³-hybridized carbons (Fsp3) is 0.357. The molecule has 0 N–H and O–H groups in total. The molecule has 0 aromatic carbocycles. The van der Waals surface area contributed by atoms with E-state index in [0.717, 1.165) is 30.2 Å². The van der Waals surface area contributed by atoms with Crippen LogP contribution in [0, 0.1) is 6.92 Å². The predicted octanol–water partition coefficient (Wildman–Crippen LogP) is 3.03. The number of hydrogen-bond acceptors (Lipinski definition) is 4. The quantitative estimate of drug-likeness (QED) is 0.805. The van der Waals surface area contributed by atoms with Gasteiger partial charge < -0.3 is 4.90 Å². The number of hydrogen-bond donors (Lipinski definition) is 0. The number of rotatable bonds is 4. The van der Waals surface area contributed by atoms with Crippen LogP contribution in [0.4, 0.5) is 5.82 Å². The molecule has 19 heavy (non-hydrogen) atoms. The molecule has 0 atom stereocenters. The lowest BCUT2D eigenvalue weighted by Gasteiger charge is -2.21. The van der Waals surface area contributed by atoms with Crippen molar-refractivity contribution in [2.24, 2.45) is 0 Å². The molecule has 100 valence electrons. The predicted molar refractivity (Wildman–Crippen MR) is 77.5 cm³/mol. The van der Waals surface area contributed by atoms with E-state index in [1.54, 1.807) is 12.4 Å². The molecule has 4 nitrogen and oxygen atoms in total. The van der Waals surface area contributed by atoms with Crippen molar-refractivity contribution >= 4 is 17.4 Å². The summed E-state index contributed by atoms with van der Waals surface area (Å²) in [6.07, 6.45) is 4.36. The Morgan fingerprint density at radius 2 is 1.89 bits per heavy atom. The van der Waals surface area contributed by atoms with E-state index in [2.05, 4.69) is 19.9 Å². The van der Waals surface area contributed by atoms with Gasteiger partial charge in [0.25, 0.3) is 0 Å². The maximum Gasteiger partial charge on any atom is 0.137 e. The van der Waals surface area contributed by atoms with Crippen LogP contribution in [0.15, 0.2) is 24.5 Å². The summed E-state index contributed by atoms with van der Waals surface area (Å²) in [4.78, 5) is 14.9. The second-order valence-electron chi connectivity index (χ2n) is 4.44. The maximum absolute atomic E-state index is 6.16. The summed E-state index contributed by atoms with van der Waals surface area (Å²) >= 11 is 6.16. The molecule has 0 fully saturated rings. The van der Waals surface area contributed by atoms with Crippen LogP contribution in [0.1, 0.15) is 23.9 Å². The first-order valence-electron chi connectivity index (χ1n) is 6.25. The molecule has 0 bridgehead atoms. The van der Waals surface area contributed by atoms with Gasteiger partial charge in [0.2, 0.25) is 0 Å². The molecule has 2 rings (SSSR count). The summed E-state index contributed by atoms with van der Waals surface area (Å²) in [5.41, 5.74) is 2.10. The van der Waals surface area contributed by atoms with Crippen molar-refractivity contribution in [2.75, 3.05) is 11.9 Å². The van der Waals surface area contributed by atoms with Crippen molar-refractivity contribution in [2.45, 2.75) is 26.8 Å². The highest BCUT2D eigenvalue weighted by atomic mass is 35.5. The lowest BCUT2D eigenvalue weighted by molar-refractivity contribution is 0.848. The van der Waals surface area contributed by atoms with Crippen molar-refractivity contribution in [3.8, 4) is 0 Å². The normalized spacial score (nSPS) is 10.5. The Hall–Kier alpha value is -1.68. The third kappa shape index (κ3) is 3.20. The number of nitrogens with zero attached hydrogens (tertiary/aromatic N) is 4. The summed E-state index contributed by atoms with van der Waals surface area (Å²) < 4.78 is 0. The number of anilines is 1. The van der Waals surface area contributed by atoms with Gasteiger partial charge in [-0.05, 0) is 24.6 Å². The first kappa shape index (κ1) is 13.7. The Morgan fingerprint density at radius 3 is 2.53 bits per heavy atom. The molecular weight excluding hydrogens is 260 g/mol. The second-order valence-corrected chi connectivity index (χ2v) is 4.80. The topological polar surface area (TPSA) is 41.9 Å². The molecule has 0 aliphatic carbocycles. The minimum atomic E-state index is 0.531. The highest BCUT2D eigenvalue weighted by Gasteiger charge is 2.12. The van der Waals surface area contributed by atoms with Crippen LogP contribution in [0.3, 0.4) is 0 Å². The van der Waals surface area contributed by atoms with Crippen molar-refractivity contribution in [1.29, 1.82) is 0 Å². The molecule has 2 aromatic heterocycles. The third-order valence-electron chi connectivity index (χ3n) is 2.95. The van der Waals surface area contributed by atoms with E-state index < -0.39 is 0 Å². The number of pyridine rings is 1. The summed E-state index contributed by atoms with van der Waals surface area (Å²) in [6, 6.07) is 3.99. The molecule has 0 spiro atoms. The van der Waals surface area contributed by atoms with Crippen LogP contribution in [0.2, 0.25) is 5.15 Å². The molecule has 0 saturated carbocycles. The van der Waals surface area contributed by atoms with Crippen LogP contribution >= 0.6 is 11.6 Å². The fourth-order valence-electron chi connectivity index (χ4n) is 1.89. The Morgan fingerprint density at radius 1 is 1.21 bits per heavy atom. The van der Waals surface area contributed by atoms with Gasteiger partial charge in [0.1, 0.15) is 16.8 Å². The van der Waals surface area contributed by atoms with Crippen LogP contribution in [-0.2, 0) is 13.0 Å². The first-order chi connectivity index (χ1) is 9.11. The van der Waals surface area contributed by atoms with Gasteiger partial charge in [-0.15, -0.1) is 0 Å². The monoisotopic (exact) mass is 276 g/mol. The SMILES string of the molecule is CCc1nc(Cl)c(C)c(N(C)Cc2ccncc2)n1. The fourth-order valence-corrected chi connectivity index (χ4v) is 2.07. The molecule has 5 heteroatoms. The Bertz CT molecular complexity index is 557. The zero-order chi connectivity index (χ0) is 13.8. The lowest BCUT2D eigenvalue weighted by Crippen LogP contribution is -2.20. The largest absolute Gasteiger partial charge is 0.355 e. The van der Waals surface area contributed by atoms with Gasteiger partial charge in [0.05, 0.1) is 0 Å². The standard InChI is InChI=1S/C14H17ClN4/c1-4-12-17-13(15)10(2)14(18-12)19(3)9-11-5-7-16-8-6-11/h5-8H,4,9H2,1-3H3. The number of aryl methyl sites for hydroxylation is 1. The van der Waals surface area contributed by atoms with Gasteiger partial charge in [-0.25, -0.2) is 9.97 Å². The van der Waals surface area contributed by atoms with Crippen LogP contribution in [0.25, 0.3) is 0 Å². The van der Waals surface area contributed by atoms with Crippen molar-refractivity contribution in [3.63, 3.8) is 0 Å². The summed E-state index contributed by atoms with van der Waals surface area (Å²) in [6.45, 7) is 4.73. The molecule has 0 aliphatic heterocycles. The van der Waals surface area contributed by atoms with Gasteiger partial charge in [0.15, 0.2) is 0 Å². The number of aromatic nitrogens is 3. The molecule has 0 saturated heterocycles. The first-order valence-corrected chi connectivity index (χ1v) is 6.62. The molecule has 2 heterocycles. The van der Waals surface area contributed by atoms with E-state index in [1.165, 1.54) is 5.56 Å². The van der Waals surface area contributed by atoms with Crippen molar-refractivity contribution in [1.82, 2.24) is 15.0 Å². The Kier molecular flexibility index (Phi) is 4.32. The average Bonchev–Trinajstić information content (AvgIpc) is 2.42. The molecule has 0 radical (unpaired) electrons.